The van der Waals surface area contributed by atoms with E-state index in [0.717, 1.165) is 24.1 Å². The quantitative estimate of drug-likeness (QED) is 0.814. The number of aryl methyl sites for hydroxylation is 1. The van der Waals surface area contributed by atoms with Gasteiger partial charge in [0.1, 0.15) is 18.7 Å². The highest BCUT2D eigenvalue weighted by Gasteiger charge is 2.53. The van der Waals surface area contributed by atoms with Gasteiger partial charge in [-0.1, -0.05) is 17.7 Å². The Morgan fingerprint density at radius 2 is 1.78 bits per heavy atom. The molecule has 3 aliphatic heterocycles. The fourth-order valence-corrected chi connectivity index (χ4v) is 4.50. The molecule has 1 unspecified atom stereocenters. The minimum absolute atomic E-state index is 0.00690. The van der Waals surface area contributed by atoms with E-state index in [1.54, 1.807) is 4.90 Å². The van der Waals surface area contributed by atoms with Gasteiger partial charge in [0.25, 0.3) is 5.91 Å². The van der Waals surface area contributed by atoms with Crippen LogP contribution in [0.25, 0.3) is 0 Å². The molecule has 3 amide bonds. The molecule has 0 radical (unpaired) electrons. The SMILES string of the molecule is Cc1ccc(N2CCCC3(CCCN3C(=O)CN3CCOC3=O)C2=O)cc1. The zero-order chi connectivity index (χ0) is 19.0. The van der Waals surface area contributed by atoms with Gasteiger partial charge in [-0.3, -0.25) is 14.5 Å². The number of nitrogens with zero attached hydrogens (tertiary/aromatic N) is 3. The van der Waals surface area contributed by atoms with Crippen LogP contribution in [0, 0.1) is 6.92 Å². The van der Waals surface area contributed by atoms with E-state index in [9.17, 15) is 14.4 Å². The zero-order valence-electron chi connectivity index (χ0n) is 15.6. The summed E-state index contributed by atoms with van der Waals surface area (Å²) in [5.74, 6) is -0.155. The molecular formula is C20H25N3O4. The Hall–Kier alpha value is -2.57. The molecule has 1 aromatic rings. The maximum absolute atomic E-state index is 13.5. The van der Waals surface area contributed by atoms with Crippen LogP contribution in [0.2, 0.25) is 0 Å². The summed E-state index contributed by atoms with van der Waals surface area (Å²) in [6.07, 6.45) is 2.58. The van der Waals surface area contributed by atoms with Crippen LogP contribution in [-0.2, 0) is 14.3 Å². The van der Waals surface area contributed by atoms with Crippen LogP contribution >= 0.6 is 0 Å². The molecule has 0 saturated carbocycles. The standard InChI is InChI=1S/C20H25N3O4/c1-15-4-6-16(7-5-15)22-10-2-8-20(18(22)25)9-3-11-23(20)17(24)14-21-12-13-27-19(21)26/h4-7H,2-3,8-14H2,1H3. The highest BCUT2D eigenvalue weighted by Crippen LogP contribution is 2.39. The number of anilines is 1. The Balaban J connectivity index is 1.56. The first-order valence-corrected chi connectivity index (χ1v) is 9.62. The number of amides is 3. The summed E-state index contributed by atoms with van der Waals surface area (Å²) in [6, 6.07) is 7.93. The van der Waals surface area contributed by atoms with Gasteiger partial charge >= 0.3 is 6.09 Å². The van der Waals surface area contributed by atoms with Crippen molar-refractivity contribution < 1.29 is 19.1 Å². The van der Waals surface area contributed by atoms with E-state index < -0.39 is 11.6 Å². The molecule has 1 aromatic carbocycles. The average molecular weight is 371 g/mol. The van der Waals surface area contributed by atoms with Crippen LogP contribution < -0.4 is 4.90 Å². The molecule has 3 saturated heterocycles. The number of rotatable bonds is 3. The Bertz CT molecular complexity index is 763. The molecule has 3 heterocycles. The summed E-state index contributed by atoms with van der Waals surface area (Å²) in [4.78, 5) is 43.1. The van der Waals surface area contributed by atoms with Gasteiger partial charge in [-0.05, 0) is 44.7 Å². The first-order chi connectivity index (χ1) is 13.0. The number of likely N-dealkylation sites (tertiary alicyclic amines) is 1. The minimum Gasteiger partial charge on any atom is -0.448 e. The van der Waals surface area contributed by atoms with E-state index in [1.165, 1.54) is 4.90 Å². The van der Waals surface area contributed by atoms with E-state index >= 15 is 0 Å². The summed E-state index contributed by atoms with van der Waals surface area (Å²) < 4.78 is 4.91. The summed E-state index contributed by atoms with van der Waals surface area (Å²) >= 11 is 0. The van der Waals surface area contributed by atoms with Crippen molar-refractivity contribution in [3.63, 3.8) is 0 Å². The van der Waals surface area contributed by atoms with E-state index in [0.29, 0.717) is 39.1 Å². The van der Waals surface area contributed by atoms with Gasteiger partial charge in [-0.25, -0.2) is 4.79 Å². The lowest BCUT2D eigenvalue weighted by atomic mass is 9.85. The number of hydrogen-bond acceptors (Lipinski definition) is 4. The highest BCUT2D eigenvalue weighted by atomic mass is 16.6. The smallest absolute Gasteiger partial charge is 0.410 e. The van der Waals surface area contributed by atoms with Crippen molar-refractivity contribution in [1.29, 1.82) is 0 Å². The first kappa shape index (κ1) is 17.8. The first-order valence-electron chi connectivity index (χ1n) is 9.62. The van der Waals surface area contributed by atoms with E-state index in [4.69, 9.17) is 4.74 Å². The molecule has 27 heavy (non-hydrogen) atoms. The predicted octanol–water partition coefficient (Wildman–Crippen LogP) is 1.94. The monoisotopic (exact) mass is 371 g/mol. The molecule has 7 heteroatoms. The zero-order valence-corrected chi connectivity index (χ0v) is 15.6. The third-order valence-electron chi connectivity index (χ3n) is 5.92. The van der Waals surface area contributed by atoms with Crippen molar-refractivity contribution in [1.82, 2.24) is 9.80 Å². The third-order valence-corrected chi connectivity index (χ3v) is 5.92. The molecule has 0 bridgehead atoms. The van der Waals surface area contributed by atoms with Crippen LogP contribution in [-0.4, -0.2) is 66.0 Å². The number of carbonyl (C=O) groups excluding carboxylic acids is 3. The van der Waals surface area contributed by atoms with Gasteiger partial charge in [0.05, 0.1) is 6.54 Å². The number of cyclic esters (lactones) is 1. The predicted molar refractivity (Wildman–Crippen MR) is 99.4 cm³/mol. The topological polar surface area (TPSA) is 70.2 Å². The number of ether oxygens (including phenoxy) is 1. The molecule has 3 fully saturated rings. The van der Waals surface area contributed by atoms with E-state index in [2.05, 4.69) is 0 Å². The Labute approximate surface area is 158 Å². The molecule has 0 aliphatic carbocycles. The van der Waals surface area contributed by atoms with Crippen molar-refractivity contribution in [2.75, 3.05) is 37.7 Å². The van der Waals surface area contributed by atoms with Gasteiger partial charge in [0, 0.05) is 18.8 Å². The van der Waals surface area contributed by atoms with Gasteiger partial charge in [0.2, 0.25) is 5.91 Å². The van der Waals surface area contributed by atoms with Gasteiger partial charge < -0.3 is 14.5 Å². The van der Waals surface area contributed by atoms with Crippen LogP contribution in [0.3, 0.4) is 0 Å². The van der Waals surface area contributed by atoms with Crippen LogP contribution in [0.5, 0.6) is 0 Å². The molecule has 7 nitrogen and oxygen atoms in total. The Morgan fingerprint density at radius 3 is 2.44 bits per heavy atom. The normalized spacial score (nSPS) is 25.4. The molecule has 144 valence electrons. The summed E-state index contributed by atoms with van der Waals surface area (Å²) in [7, 11) is 0. The second-order valence-electron chi connectivity index (χ2n) is 7.61. The molecule has 4 rings (SSSR count). The number of carbonyl (C=O) groups is 3. The van der Waals surface area contributed by atoms with Crippen LogP contribution in [0.4, 0.5) is 10.5 Å². The van der Waals surface area contributed by atoms with Crippen molar-refractivity contribution in [2.24, 2.45) is 0 Å². The van der Waals surface area contributed by atoms with Crippen molar-refractivity contribution in [3.05, 3.63) is 29.8 Å². The fraction of sp³-hybridized carbons (Fsp3) is 0.550. The molecular weight excluding hydrogens is 346 g/mol. The van der Waals surface area contributed by atoms with Crippen molar-refractivity contribution in [2.45, 2.75) is 38.1 Å². The number of piperidine rings is 1. The second kappa shape index (κ2) is 6.87. The van der Waals surface area contributed by atoms with Crippen molar-refractivity contribution >= 4 is 23.6 Å². The van der Waals surface area contributed by atoms with Crippen molar-refractivity contribution in [3.8, 4) is 0 Å². The highest BCUT2D eigenvalue weighted by molar-refractivity contribution is 6.03. The Morgan fingerprint density at radius 1 is 1.07 bits per heavy atom. The minimum atomic E-state index is -0.774. The summed E-state index contributed by atoms with van der Waals surface area (Å²) in [6.45, 7) is 3.98. The van der Waals surface area contributed by atoms with Gasteiger partial charge in [-0.15, -0.1) is 0 Å². The molecule has 3 aliphatic rings. The lowest BCUT2D eigenvalue weighted by Gasteiger charge is -2.44. The van der Waals surface area contributed by atoms with Gasteiger partial charge in [-0.2, -0.15) is 0 Å². The fourth-order valence-electron chi connectivity index (χ4n) is 4.50. The molecule has 0 N–H and O–H groups in total. The molecule has 1 atom stereocenters. The Kier molecular flexibility index (Phi) is 4.53. The summed E-state index contributed by atoms with van der Waals surface area (Å²) in [5, 5.41) is 0. The third kappa shape index (κ3) is 3.05. The number of hydrogen-bond donors (Lipinski definition) is 0. The second-order valence-corrected chi connectivity index (χ2v) is 7.61. The van der Waals surface area contributed by atoms with E-state index in [-0.39, 0.29) is 18.4 Å². The maximum atomic E-state index is 13.5. The van der Waals surface area contributed by atoms with Crippen LogP contribution in [0.15, 0.2) is 24.3 Å². The van der Waals surface area contributed by atoms with Crippen LogP contribution in [0.1, 0.15) is 31.2 Å². The molecule has 1 spiro atoms. The van der Waals surface area contributed by atoms with Gasteiger partial charge in [0.15, 0.2) is 0 Å². The van der Waals surface area contributed by atoms with E-state index in [1.807, 2.05) is 36.1 Å². The lowest BCUT2D eigenvalue weighted by Crippen LogP contribution is -2.62. The molecule has 0 aromatic heterocycles. The average Bonchev–Trinajstić information content (AvgIpc) is 3.26. The lowest BCUT2D eigenvalue weighted by molar-refractivity contribution is -0.145. The number of benzene rings is 1. The largest absolute Gasteiger partial charge is 0.448 e. The summed E-state index contributed by atoms with van der Waals surface area (Å²) in [5.41, 5.74) is 1.25. The maximum Gasteiger partial charge on any atom is 0.410 e.